The van der Waals surface area contributed by atoms with Crippen LogP contribution >= 0.6 is 23.2 Å². The number of nitrogens with zero attached hydrogens (tertiary/aromatic N) is 2. The highest BCUT2D eigenvalue weighted by Gasteiger charge is 2.25. The molecule has 0 fully saturated rings. The van der Waals surface area contributed by atoms with Gasteiger partial charge in [-0.05, 0) is 18.1 Å². The molecule has 0 radical (unpaired) electrons. The van der Waals surface area contributed by atoms with E-state index in [4.69, 9.17) is 27.9 Å². The van der Waals surface area contributed by atoms with Crippen LogP contribution in [0.3, 0.4) is 0 Å². The molecule has 0 atom stereocenters. The molecular weight excluding hydrogens is 393 g/mol. The van der Waals surface area contributed by atoms with Crippen molar-refractivity contribution in [3.63, 3.8) is 0 Å². The van der Waals surface area contributed by atoms with Crippen LogP contribution in [0, 0.1) is 5.92 Å². The second-order valence-electron chi connectivity index (χ2n) is 6.30. The van der Waals surface area contributed by atoms with Crippen LogP contribution in [0.15, 0.2) is 33.9 Å². The molecule has 1 N–H and O–H groups in total. The average Bonchev–Trinajstić information content (AvgIpc) is 2.59. The first-order valence-electron chi connectivity index (χ1n) is 8.12. The summed E-state index contributed by atoms with van der Waals surface area (Å²) in [5, 5.41) is 4.05. The molecule has 0 spiro atoms. The second kappa shape index (κ2) is 7.62. The number of halogens is 2. The summed E-state index contributed by atoms with van der Waals surface area (Å²) in [7, 11) is 0. The van der Waals surface area contributed by atoms with Gasteiger partial charge in [-0.25, -0.2) is 10.4 Å². The van der Waals surface area contributed by atoms with Crippen LogP contribution in [-0.4, -0.2) is 35.6 Å². The number of ketones is 2. The summed E-state index contributed by atoms with van der Waals surface area (Å²) in [4.78, 5) is 39.2. The van der Waals surface area contributed by atoms with E-state index in [1.165, 1.54) is 12.1 Å². The number of hydrogen-bond acceptors (Lipinski definition) is 6. The lowest BCUT2D eigenvalue weighted by molar-refractivity contribution is -0.126. The topological polar surface area (TPSA) is 97.2 Å². The summed E-state index contributed by atoms with van der Waals surface area (Å²) >= 11 is 12.5. The zero-order chi connectivity index (χ0) is 19.7. The number of Topliss-reactive ketones (excluding diaryl/α,β-unsaturated/α-hetero) is 2. The number of rotatable bonds is 3. The van der Waals surface area contributed by atoms with Gasteiger partial charge in [-0.15, -0.1) is 0 Å². The molecule has 1 amide bonds. The Kier molecular flexibility index (Phi) is 5.43. The number of ether oxygens (including phenoxy) is 1. The largest absolute Gasteiger partial charge is 0.436 e. The van der Waals surface area contributed by atoms with Crippen molar-refractivity contribution in [3.8, 4) is 5.75 Å². The number of benzene rings is 1. The molecule has 1 aromatic rings. The van der Waals surface area contributed by atoms with E-state index in [9.17, 15) is 14.4 Å². The number of aliphatic imine (C=N–C) groups is 1. The van der Waals surface area contributed by atoms with E-state index in [0.29, 0.717) is 11.1 Å². The molecule has 1 aromatic carbocycles. The van der Waals surface area contributed by atoms with Crippen molar-refractivity contribution in [2.24, 2.45) is 16.0 Å². The Morgan fingerprint density at radius 1 is 1.11 bits per heavy atom. The van der Waals surface area contributed by atoms with Gasteiger partial charge in [0.05, 0.1) is 16.5 Å². The molecule has 2 aliphatic heterocycles. The van der Waals surface area contributed by atoms with Crippen LogP contribution in [-0.2, 0) is 14.4 Å². The van der Waals surface area contributed by atoms with Crippen molar-refractivity contribution in [2.75, 3.05) is 6.54 Å². The molecule has 0 saturated heterocycles. The highest BCUT2D eigenvalue weighted by Crippen LogP contribution is 2.35. The summed E-state index contributed by atoms with van der Waals surface area (Å²) in [6, 6.07) is 2.94. The molecule has 7 nitrogen and oxygen atoms in total. The van der Waals surface area contributed by atoms with Gasteiger partial charge < -0.3 is 4.74 Å². The first kappa shape index (κ1) is 19.3. The number of dihydropyridines is 1. The van der Waals surface area contributed by atoms with E-state index >= 15 is 0 Å². The lowest BCUT2D eigenvalue weighted by atomic mass is 9.97. The van der Waals surface area contributed by atoms with Crippen LogP contribution in [0.5, 0.6) is 5.75 Å². The van der Waals surface area contributed by atoms with Crippen molar-refractivity contribution < 1.29 is 19.1 Å². The Morgan fingerprint density at radius 3 is 2.37 bits per heavy atom. The molecule has 0 unspecified atom stereocenters. The number of hydrazone groups is 1. The van der Waals surface area contributed by atoms with E-state index in [2.05, 4.69) is 15.5 Å². The van der Waals surface area contributed by atoms with Gasteiger partial charge in [0, 0.05) is 17.2 Å². The predicted octanol–water partition coefficient (Wildman–Crippen LogP) is 2.73. The van der Waals surface area contributed by atoms with Crippen molar-refractivity contribution in [3.05, 3.63) is 39.4 Å². The van der Waals surface area contributed by atoms with E-state index in [0.717, 1.165) is 0 Å². The van der Waals surface area contributed by atoms with Gasteiger partial charge in [0.15, 0.2) is 17.3 Å². The zero-order valence-electron chi connectivity index (χ0n) is 14.5. The molecule has 0 bridgehead atoms. The van der Waals surface area contributed by atoms with E-state index in [-0.39, 0.29) is 52.1 Å². The molecule has 0 saturated carbocycles. The van der Waals surface area contributed by atoms with Gasteiger partial charge in [0.1, 0.15) is 12.3 Å². The summed E-state index contributed by atoms with van der Waals surface area (Å²) in [6.45, 7) is 3.81. The number of carbonyl (C=O) groups excluding carboxylic acids is 3. The monoisotopic (exact) mass is 407 g/mol. The van der Waals surface area contributed by atoms with Crippen LogP contribution < -0.4 is 10.2 Å². The summed E-state index contributed by atoms with van der Waals surface area (Å²) in [5.41, 5.74) is 3.29. The number of carbonyl (C=O) groups is 3. The second-order valence-corrected chi connectivity index (χ2v) is 7.11. The van der Waals surface area contributed by atoms with E-state index < -0.39 is 11.7 Å². The van der Waals surface area contributed by atoms with Gasteiger partial charge in [-0.1, -0.05) is 37.0 Å². The van der Waals surface area contributed by atoms with Crippen LogP contribution in [0.25, 0.3) is 0 Å². The zero-order valence-corrected chi connectivity index (χ0v) is 16.0. The maximum Gasteiger partial charge on any atom is 0.247 e. The van der Waals surface area contributed by atoms with E-state index in [1.807, 2.05) is 13.8 Å². The summed E-state index contributed by atoms with van der Waals surface area (Å²) < 4.78 is 5.69. The van der Waals surface area contributed by atoms with Crippen molar-refractivity contribution >= 4 is 52.3 Å². The minimum absolute atomic E-state index is 0.00231. The fourth-order valence-electron chi connectivity index (χ4n) is 2.62. The van der Waals surface area contributed by atoms with Crippen LogP contribution in [0.2, 0.25) is 10.0 Å². The molecule has 9 heteroatoms. The highest BCUT2D eigenvalue weighted by molar-refractivity contribution is 6.50. The Balaban J connectivity index is 1.90. The lowest BCUT2D eigenvalue weighted by Crippen LogP contribution is -2.33. The third-order valence-corrected chi connectivity index (χ3v) is 4.52. The Morgan fingerprint density at radius 2 is 1.78 bits per heavy atom. The number of hydrogen-bond donors (Lipinski definition) is 1. The lowest BCUT2D eigenvalue weighted by Gasteiger charge is -2.17. The minimum Gasteiger partial charge on any atom is -0.436 e. The quantitative estimate of drug-likeness (QED) is 0.778. The van der Waals surface area contributed by atoms with Crippen molar-refractivity contribution in [1.29, 1.82) is 0 Å². The highest BCUT2D eigenvalue weighted by atomic mass is 35.5. The molecule has 3 rings (SSSR count). The average molecular weight is 408 g/mol. The Bertz CT molecular complexity index is 925. The fraction of sp³-hybridized carbons (Fsp3) is 0.278. The van der Waals surface area contributed by atoms with Gasteiger partial charge in [0.25, 0.3) is 0 Å². The molecule has 2 heterocycles. The van der Waals surface area contributed by atoms with Crippen molar-refractivity contribution in [2.45, 2.75) is 20.3 Å². The predicted molar refractivity (Wildman–Crippen MR) is 102 cm³/mol. The molecular formula is C18H15Cl2N3O4. The van der Waals surface area contributed by atoms with Gasteiger partial charge in [-0.2, -0.15) is 5.10 Å². The molecule has 140 valence electrons. The molecule has 2 aliphatic rings. The van der Waals surface area contributed by atoms with Crippen LogP contribution in [0.1, 0.15) is 25.8 Å². The smallest absolute Gasteiger partial charge is 0.247 e. The SMILES string of the molecule is CC(C)C1=CC(Oc2c(Cl)cc(C3=NNC(=O)CC3=O)cc2Cl)=NCC1=O. The molecule has 0 aromatic heterocycles. The Hall–Kier alpha value is -2.51. The van der Waals surface area contributed by atoms with Crippen molar-refractivity contribution in [1.82, 2.24) is 5.43 Å². The minimum atomic E-state index is -0.474. The fourth-order valence-corrected chi connectivity index (χ4v) is 3.19. The third-order valence-electron chi connectivity index (χ3n) is 3.96. The molecule has 27 heavy (non-hydrogen) atoms. The third kappa shape index (κ3) is 4.09. The van der Waals surface area contributed by atoms with E-state index in [1.54, 1.807) is 6.08 Å². The van der Waals surface area contributed by atoms with Gasteiger partial charge in [0.2, 0.25) is 11.8 Å². The number of nitrogens with one attached hydrogen (secondary N) is 1. The van der Waals surface area contributed by atoms with Gasteiger partial charge in [-0.3, -0.25) is 14.4 Å². The summed E-state index contributed by atoms with van der Waals surface area (Å²) in [5.74, 6) is -0.542. The maximum absolute atomic E-state index is 12.0. The van der Waals surface area contributed by atoms with Gasteiger partial charge >= 0.3 is 0 Å². The Labute approximate surface area is 165 Å². The first-order valence-corrected chi connectivity index (χ1v) is 8.88. The van der Waals surface area contributed by atoms with Crippen LogP contribution in [0.4, 0.5) is 0 Å². The standard InChI is InChI=1S/C18H15Cl2N3O4/c1-8(2)10-5-16(21-7-14(10)25)27-18-11(19)3-9(4-12(18)20)17-13(24)6-15(26)22-23-17/h3-5,8H,6-7H2,1-2H3,(H,22,26). The number of amides is 1. The maximum atomic E-state index is 12.0. The summed E-state index contributed by atoms with van der Waals surface area (Å²) in [6.07, 6.45) is 1.28. The molecule has 0 aliphatic carbocycles. The normalized spacial score (nSPS) is 17.4. The first-order chi connectivity index (χ1) is 12.8.